The molecule has 0 bridgehead atoms. The van der Waals surface area contributed by atoms with Crippen LogP contribution in [-0.2, 0) is 0 Å². The van der Waals surface area contributed by atoms with Crippen molar-refractivity contribution < 1.29 is 10.2 Å². The van der Waals surface area contributed by atoms with Gasteiger partial charge in [-0.3, -0.25) is 0 Å². The zero-order valence-corrected chi connectivity index (χ0v) is 16.8. The summed E-state index contributed by atoms with van der Waals surface area (Å²) in [7, 11) is 0. The summed E-state index contributed by atoms with van der Waals surface area (Å²) in [5.41, 5.74) is 0.549. The van der Waals surface area contributed by atoms with Crippen LogP contribution in [0.25, 0.3) is 0 Å². The van der Waals surface area contributed by atoms with Gasteiger partial charge in [-0.15, -0.1) is 0 Å². The third-order valence-electron chi connectivity index (χ3n) is 8.99. The second kappa shape index (κ2) is 6.84. The van der Waals surface area contributed by atoms with Crippen molar-refractivity contribution in [2.75, 3.05) is 6.61 Å². The Bertz CT molecular complexity index is 634. The maximum absolute atomic E-state index is 10.7. The van der Waals surface area contributed by atoms with Crippen LogP contribution >= 0.6 is 11.6 Å². The fourth-order valence-corrected chi connectivity index (χ4v) is 8.04. The lowest BCUT2D eigenvalue weighted by molar-refractivity contribution is -0.0876. The van der Waals surface area contributed by atoms with Crippen molar-refractivity contribution in [1.29, 1.82) is 0 Å². The van der Waals surface area contributed by atoms with Gasteiger partial charge in [0.2, 0.25) is 0 Å². The maximum Gasteiger partial charge on any atom is 0.127 e. The lowest BCUT2D eigenvalue weighted by Crippen LogP contribution is -2.50. The highest BCUT2D eigenvalue weighted by atomic mass is 35.5. The highest BCUT2D eigenvalue weighted by Crippen LogP contribution is 2.65. The molecule has 8 atom stereocenters. The molecular formula is C23H33ClO2. The van der Waals surface area contributed by atoms with Crippen molar-refractivity contribution in [2.24, 2.45) is 40.9 Å². The van der Waals surface area contributed by atoms with Crippen LogP contribution in [0.15, 0.2) is 12.2 Å². The Morgan fingerprint density at radius 3 is 2.58 bits per heavy atom. The minimum absolute atomic E-state index is 0.145. The van der Waals surface area contributed by atoms with Crippen molar-refractivity contribution in [3.05, 3.63) is 12.2 Å². The second-order valence-electron chi connectivity index (χ2n) is 9.92. The molecule has 4 aliphatic rings. The molecule has 26 heavy (non-hydrogen) atoms. The van der Waals surface area contributed by atoms with Gasteiger partial charge in [0.1, 0.15) is 5.60 Å². The second-order valence-corrected chi connectivity index (χ2v) is 10.1. The fraction of sp³-hybridized carbons (Fsp3) is 0.826. The van der Waals surface area contributed by atoms with Crippen LogP contribution in [0.3, 0.4) is 0 Å². The Balaban J connectivity index is 1.52. The number of aliphatic hydroxyl groups is 2. The van der Waals surface area contributed by atoms with Gasteiger partial charge in [0, 0.05) is 5.38 Å². The average Bonchev–Trinajstić information content (AvgIpc) is 2.98. The number of fused-ring (bicyclic) bond motifs is 5. The molecule has 0 heterocycles. The van der Waals surface area contributed by atoms with Crippen molar-refractivity contribution in [3.8, 4) is 11.3 Å². The summed E-state index contributed by atoms with van der Waals surface area (Å²) < 4.78 is 0. The van der Waals surface area contributed by atoms with Gasteiger partial charge in [-0.2, -0.15) is 0 Å². The van der Waals surface area contributed by atoms with Crippen LogP contribution in [0.5, 0.6) is 0 Å². The Kier molecular flexibility index (Phi) is 4.96. The van der Waals surface area contributed by atoms with E-state index in [1.54, 1.807) is 0 Å². The van der Waals surface area contributed by atoms with Crippen molar-refractivity contribution in [3.63, 3.8) is 0 Å². The molecule has 3 heteroatoms. The SMILES string of the molecule is C=C(CO)[C@H]1CC[C@H]2[C@@H]3CC[C@H]4C[C@@](O)(C#CCl)CC[C@@H]4[C@H]3CC[C@]12C. The van der Waals surface area contributed by atoms with Gasteiger partial charge in [0.25, 0.3) is 0 Å². The maximum atomic E-state index is 10.7. The molecular weight excluding hydrogens is 344 g/mol. The zero-order valence-electron chi connectivity index (χ0n) is 16.0. The number of hydrogen-bond donors (Lipinski definition) is 2. The van der Waals surface area contributed by atoms with E-state index in [2.05, 4.69) is 24.8 Å². The van der Waals surface area contributed by atoms with E-state index in [0.717, 1.165) is 48.5 Å². The Morgan fingerprint density at radius 2 is 1.85 bits per heavy atom. The third kappa shape index (κ3) is 2.86. The number of halogens is 1. The summed E-state index contributed by atoms with van der Waals surface area (Å²) in [6.07, 6.45) is 10.3. The molecule has 0 aromatic heterocycles. The first kappa shape index (κ1) is 18.9. The van der Waals surface area contributed by atoms with Crippen LogP contribution in [0.1, 0.15) is 64.7 Å². The van der Waals surface area contributed by atoms with E-state index in [4.69, 9.17) is 11.6 Å². The van der Waals surface area contributed by atoms with Crippen LogP contribution in [-0.4, -0.2) is 22.4 Å². The molecule has 0 aromatic rings. The smallest absolute Gasteiger partial charge is 0.127 e. The van der Waals surface area contributed by atoms with Gasteiger partial charge < -0.3 is 10.2 Å². The summed E-state index contributed by atoms with van der Waals surface area (Å²) >= 11 is 5.59. The molecule has 144 valence electrons. The first-order valence-electron chi connectivity index (χ1n) is 10.6. The molecule has 0 aliphatic heterocycles. The monoisotopic (exact) mass is 376 g/mol. The van der Waals surface area contributed by atoms with Crippen LogP contribution in [0.2, 0.25) is 0 Å². The number of hydrogen-bond acceptors (Lipinski definition) is 2. The highest BCUT2D eigenvalue weighted by molar-refractivity contribution is 6.30. The van der Waals surface area contributed by atoms with Crippen molar-refractivity contribution >= 4 is 11.6 Å². The standard InChI is InChI=1S/C23H33ClO2/c1-15(14-25)20-5-6-21-19-4-3-16-13-23(26,11-12-24)10-8-17(16)18(19)7-9-22(20,21)2/h16-21,25-26H,1,3-10,13-14H2,2H3/t16-,17-,18+,19+,20+,21-,22+,23-/m0/s1. The van der Waals surface area contributed by atoms with E-state index >= 15 is 0 Å². The number of aliphatic hydroxyl groups excluding tert-OH is 1. The summed E-state index contributed by atoms with van der Waals surface area (Å²) in [4.78, 5) is 0. The average molecular weight is 377 g/mol. The van der Waals surface area contributed by atoms with Gasteiger partial charge in [-0.05, 0) is 116 Å². The summed E-state index contributed by atoms with van der Waals surface area (Å²) in [5.74, 6) is 7.19. The van der Waals surface area contributed by atoms with Gasteiger partial charge in [0.05, 0.1) is 6.61 Å². The van der Waals surface area contributed by atoms with Crippen LogP contribution in [0, 0.1) is 52.2 Å². The zero-order chi connectivity index (χ0) is 18.5. The van der Waals surface area contributed by atoms with Crippen molar-refractivity contribution in [2.45, 2.75) is 70.3 Å². The predicted molar refractivity (Wildman–Crippen MR) is 105 cm³/mol. The minimum Gasteiger partial charge on any atom is -0.392 e. The Hall–Kier alpha value is -0.490. The molecule has 0 aromatic carbocycles. The first-order valence-corrected chi connectivity index (χ1v) is 10.9. The molecule has 4 aliphatic carbocycles. The molecule has 0 unspecified atom stereocenters. The predicted octanol–water partition coefficient (Wildman–Crippen LogP) is 4.73. The van der Waals surface area contributed by atoms with E-state index in [9.17, 15) is 10.2 Å². The lowest BCUT2D eigenvalue weighted by atomic mass is 9.48. The van der Waals surface area contributed by atoms with Gasteiger partial charge in [0.15, 0.2) is 0 Å². The number of rotatable bonds is 2. The normalized spacial score (nSPS) is 50.0. The van der Waals surface area contributed by atoms with E-state index in [1.807, 2.05) is 0 Å². The molecule has 0 spiro atoms. The van der Waals surface area contributed by atoms with Gasteiger partial charge in [-0.1, -0.05) is 19.4 Å². The first-order chi connectivity index (χ1) is 12.4. The van der Waals surface area contributed by atoms with E-state index in [-0.39, 0.29) is 6.61 Å². The van der Waals surface area contributed by atoms with Crippen LogP contribution < -0.4 is 0 Å². The largest absolute Gasteiger partial charge is 0.392 e. The summed E-state index contributed by atoms with van der Waals surface area (Å²) in [5, 5.41) is 22.8. The lowest BCUT2D eigenvalue weighted by Gasteiger charge is -2.57. The molecule has 4 fully saturated rings. The molecule has 0 saturated heterocycles. The third-order valence-corrected chi connectivity index (χ3v) is 9.08. The Morgan fingerprint density at radius 1 is 1.08 bits per heavy atom. The summed E-state index contributed by atoms with van der Waals surface area (Å²) in [6.45, 7) is 6.82. The fourth-order valence-electron chi connectivity index (χ4n) is 7.86. The topological polar surface area (TPSA) is 40.5 Å². The molecule has 4 rings (SSSR count). The van der Waals surface area contributed by atoms with E-state index < -0.39 is 5.60 Å². The highest BCUT2D eigenvalue weighted by Gasteiger charge is 2.57. The van der Waals surface area contributed by atoms with Gasteiger partial charge >= 0.3 is 0 Å². The molecule has 0 radical (unpaired) electrons. The quantitative estimate of drug-likeness (QED) is 0.540. The van der Waals surface area contributed by atoms with Crippen LogP contribution in [0.4, 0.5) is 0 Å². The molecule has 4 saturated carbocycles. The minimum atomic E-state index is -0.851. The summed E-state index contributed by atoms with van der Waals surface area (Å²) in [6, 6.07) is 0. The molecule has 0 amide bonds. The Labute approximate surface area is 163 Å². The van der Waals surface area contributed by atoms with Gasteiger partial charge in [-0.25, -0.2) is 0 Å². The van der Waals surface area contributed by atoms with E-state index in [1.165, 1.54) is 38.5 Å². The van der Waals surface area contributed by atoms with E-state index in [0.29, 0.717) is 17.3 Å². The molecule has 2 N–H and O–H groups in total. The van der Waals surface area contributed by atoms with Crippen molar-refractivity contribution in [1.82, 2.24) is 0 Å². The molecule has 2 nitrogen and oxygen atoms in total.